The van der Waals surface area contributed by atoms with Crippen molar-refractivity contribution in [2.45, 2.75) is 59.2 Å². The molecule has 0 radical (unpaired) electrons. The molecule has 1 atom stereocenters. The molecule has 0 spiro atoms. The predicted molar refractivity (Wildman–Crippen MR) is 65.5 cm³/mol. The van der Waals surface area contributed by atoms with Crippen LogP contribution in [-0.4, -0.2) is 8.32 Å². The summed E-state index contributed by atoms with van der Waals surface area (Å²) in [6.07, 6.45) is 7.71. The average molecular weight is 212 g/mol. The van der Waals surface area contributed by atoms with Crippen molar-refractivity contribution < 1.29 is 4.43 Å². The summed E-state index contributed by atoms with van der Waals surface area (Å²) in [4.78, 5) is 0. The molecule has 0 aliphatic heterocycles. The van der Waals surface area contributed by atoms with Gasteiger partial charge in [-0.1, -0.05) is 32.6 Å². The second-order valence-electron chi connectivity index (χ2n) is 4.94. The molecule has 0 aliphatic carbocycles. The van der Waals surface area contributed by atoms with E-state index in [0.29, 0.717) is 5.92 Å². The summed E-state index contributed by atoms with van der Waals surface area (Å²) in [6.45, 7) is 11.0. The van der Waals surface area contributed by atoms with Gasteiger partial charge in [-0.15, -0.1) is 0 Å². The molecule has 0 fully saturated rings. The maximum Gasteiger partial charge on any atom is 0.255 e. The van der Waals surface area contributed by atoms with Gasteiger partial charge in [-0.3, -0.25) is 0 Å². The highest BCUT2D eigenvalue weighted by Gasteiger charge is 2.13. The Morgan fingerprint density at radius 2 is 1.93 bits per heavy atom. The fourth-order valence-corrected chi connectivity index (χ4v) is 1.44. The van der Waals surface area contributed by atoms with Crippen LogP contribution in [0.1, 0.15) is 39.5 Å². The lowest BCUT2D eigenvalue weighted by Gasteiger charge is -2.11. The Kier molecular flexibility index (Phi) is 6.74. The fourth-order valence-electron chi connectivity index (χ4n) is 1.06. The van der Waals surface area contributed by atoms with Crippen LogP contribution in [0, 0.1) is 17.9 Å². The standard InChI is InChI=1S/C12H24OSi/c1-6-7-9-12(2)10-8-11-13-14(3,4)5/h12H,6-7,9-10H2,1-5H3. The monoisotopic (exact) mass is 212 g/mol. The smallest absolute Gasteiger partial charge is 0.255 e. The van der Waals surface area contributed by atoms with Crippen molar-refractivity contribution in [1.82, 2.24) is 0 Å². The Labute approximate surface area is 90.4 Å². The summed E-state index contributed by atoms with van der Waals surface area (Å²) in [5, 5.41) is 0. The Balaban J connectivity index is 3.59. The zero-order valence-electron chi connectivity index (χ0n) is 10.3. The van der Waals surface area contributed by atoms with Gasteiger partial charge in [0.05, 0.1) is 6.11 Å². The van der Waals surface area contributed by atoms with Crippen LogP contribution >= 0.6 is 0 Å². The quantitative estimate of drug-likeness (QED) is 0.494. The maximum absolute atomic E-state index is 5.46. The molecule has 1 unspecified atom stereocenters. The average Bonchev–Trinajstić information content (AvgIpc) is 2.07. The minimum absolute atomic E-state index is 0.715. The molecule has 0 bridgehead atoms. The zero-order chi connectivity index (χ0) is 11.0. The molecule has 0 aromatic heterocycles. The lowest BCUT2D eigenvalue weighted by atomic mass is 10.0. The van der Waals surface area contributed by atoms with E-state index in [2.05, 4.69) is 45.5 Å². The van der Waals surface area contributed by atoms with Gasteiger partial charge in [0.25, 0.3) is 8.32 Å². The molecule has 0 aromatic rings. The van der Waals surface area contributed by atoms with Gasteiger partial charge in [-0.25, -0.2) is 0 Å². The first kappa shape index (κ1) is 13.6. The van der Waals surface area contributed by atoms with Crippen molar-refractivity contribution in [1.29, 1.82) is 0 Å². The summed E-state index contributed by atoms with van der Waals surface area (Å²) >= 11 is 0. The van der Waals surface area contributed by atoms with Crippen LogP contribution < -0.4 is 0 Å². The van der Waals surface area contributed by atoms with Gasteiger partial charge in [0, 0.05) is 6.42 Å². The lowest BCUT2D eigenvalue weighted by Crippen LogP contribution is -2.22. The molecule has 14 heavy (non-hydrogen) atoms. The van der Waals surface area contributed by atoms with Crippen LogP contribution in [0.25, 0.3) is 0 Å². The first-order chi connectivity index (χ1) is 6.45. The van der Waals surface area contributed by atoms with E-state index >= 15 is 0 Å². The van der Waals surface area contributed by atoms with Gasteiger partial charge in [-0.05, 0) is 32.0 Å². The van der Waals surface area contributed by atoms with Crippen molar-refractivity contribution in [2.24, 2.45) is 5.92 Å². The molecule has 0 saturated heterocycles. The summed E-state index contributed by atoms with van der Waals surface area (Å²) in [6, 6.07) is 0. The van der Waals surface area contributed by atoms with E-state index in [4.69, 9.17) is 4.43 Å². The molecule has 0 aromatic carbocycles. The van der Waals surface area contributed by atoms with Gasteiger partial charge in [0.1, 0.15) is 0 Å². The van der Waals surface area contributed by atoms with E-state index < -0.39 is 8.32 Å². The van der Waals surface area contributed by atoms with E-state index in [-0.39, 0.29) is 0 Å². The van der Waals surface area contributed by atoms with Crippen LogP contribution in [-0.2, 0) is 4.43 Å². The number of unbranched alkanes of at least 4 members (excludes halogenated alkanes) is 1. The third-order valence-electron chi connectivity index (χ3n) is 1.93. The molecule has 82 valence electrons. The Morgan fingerprint density at radius 1 is 1.29 bits per heavy atom. The lowest BCUT2D eigenvalue weighted by molar-refractivity contribution is 0.502. The number of hydrogen-bond acceptors (Lipinski definition) is 1. The van der Waals surface area contributed by atoms with Crippen molar-refractivity contribution >= 4 is 8.32 Å². The summed E-state index contributed by atoms with van der Waals surface area (Å²) in [5.41, 5.74) is 0. The van der Waals surface area contributed by atoms with Gasteiger partial charge in [-0.2, -0.15) is 0 Å². The summed E-state index contributed by atoms with van der Waals surface area (Å²) < 4.78 is 5.46. The van der Waals surface area contributed by atoms with Crippen LogP contribution in [0.3, 0.4) is 0 Å². The summed E-state index contributed by atoms with van der Waals surface area (Å²) in [5.74, 6) is 3.83. The third-order valence-corrected chi connectivity index (χ3v) is 2.64. The molecule has 0 saturated carbocycles. The summed E-state index contributed by atoms with van der Waals surface area (Å²) in [7, 11) is -1.43. The topological polar surface area (TPSA) is 9.23 Å². The molecule has 0 amide bonds. The molecule has 0 rings (SSSR count). The normalized spacial score (nSPS) is 12.9. The van der Waals surface area contributed by atoms with Crippen LogP contribution in [0.5, 0.6) is 0 Å². The van der Waals surface area contributed by atoms with Crippen LogP contribution in [0.15, 0.2) is 0 Å². The van der Waals surface area contributed by atoms with Crippen LogP contribution in [0.2, 0.25) is 19.6 Å². The van der Waals surface area contributed by atoms with Crippen molar-refractivity contribution in [3.63, 3.8) is 0 Å². The minimum Gasteiger partial charge on any atom is -0.501 e. The minimum atomic E-state index is -1.43. The predicted octanol–water partition coefficient (Wildman–Crippen LogP) is 4.02. The molecule has 0 N–H and O–H groups in total. The van der Waals surface area contributed by atoms with Crippen molar-refractivity contribution in [3.05, 3.63) is 0 Å². The van der Waals surface area contributed by atoms with Gasteiger partial charge in [0.2, 0.25) is 0 Å². The van der Waals surface area contributed by atoms with E-state index in [0.717, 1.165) is 6.42 Å². The first-order valence-corrected chi connectivity index (χ1v) is 9.02. The van der Waals surface area contributed by atoms with Crippen molar-refractivity contribution in [2.75, 3.05) is 0 Å². The second kappa shape index (κ2) is 6.95. The third kappa shape index (κ3) is 9.66. The Morgan fingerprint density at radius 3 is 2.43 bits per heavy atom. The molecule has 2 heteroatoms. The maximum atomic E-state index is 5.46. The van der Waals surface area contributed by atoms with E-state index in [9.17, 15) is 0 Å². The zero-order valence-corrected chi connectivity index (χ0v) is 11.3. The Hall–Kier alpha value is -0.423. The largest absolute Gasteiger partial charge is 0.501 e. The molecule has 0 aliphatic rings. The highest BCUT2D eigenvalue weighted by Crippen LogP contribution is 2.10. The molecular weight excluding hydrogens is 188 g/mol. The SMILES string of the molecule is CCCCC(C)CC#CO[Si](C)(C)C. The number of rotatable bonds is 5. The second-order valence-corrected chi connectivity index (χ2v) is 9.37. The fraction of sp³-hybridized carbons (Fsp3) is 0.833. The van der Waals surface area contributed by atoms with Crippen molar-refractivity contribution in [3.8, 4) is 12.0 Å². The highest BCUT2D eigenvalue weighted by atomic mass is 28.4. The van der Waals surface area contributed by atoms with E-state index in [1.165, 1.54) is 19.3 Å². The van der Waals surface area contributed by atoms with E-state index in [1.807, 2.05) is 0 Å². The molecule has 0 heterocycles. The highest BCUT2D eigenvalue weighted by molar-refractivity contribution is 6.70. The van der Waals surface area contributed by atoms with E-state index in [1.54, 1.807) is 0 Å². The molecule has 1 nitrogen and oxygen atoms in total. The van der Waals surface area contributed by atoms with Gasteiger partial charge < -0.3 is 4.43 Å². The van der Waals surface area contributed by atoms with Gasteiger partial charge >= 0.3 is 0 Å². The Bertz CT molecular complexity index is 195. The molecular formula is C12H24OSi. The first-order valence-electron chi connectivity index (χ1n) is 5.61. The number of hydrogen-bond donors (Lipinski definition) is 0. The van der Waals surface area contributed by atoms with Crippen LogP contribution in [0.4, 0.5) is 0 Å². The van der Waals surface area contributed by atoms with Gasteiger partial charge in [0.15, 0.2) is 0 Å².